The number of halogens is 4. The van der Waals surface area contributed by atoms with Gasteiger partial charge in [0.05, 0.1) is 18.2 Å². The molecule has 0 aliphatic rings. The van der Waals surface area contributed by atoms with Crippen LogP contribution >= 0.6 is 15.9 Å². The Bertz CT molecular complexity index is 429. The van der Waals surface area contributed by atoms with Crippen molar-refractivity contribution in [1.82, 2.24) is 0 Å². The predicted molar refractivity (Wildman–Crippen MR) is 52.7 cm³/mol. The third-order valence-corrected chi connectivity index (χ3v) is 2.48. The quantitative estimate of drug-likeness (QED) is 0.912. The van der Waals surface area contributed by atoms with Gasteiger partial charge in [0.1, 0.15) is 5.75 Å². The molecule has 0 fully saturated rings. The number of alkyl halides is 3. The Hall–Kier alpha value is -1.24. The van der Waals surface area contributed by atoms with Crippen LogP contribution in [0.25, 0.3) is 0 Å². The maximum Gasteiger partial charge on any atom is 0.419 e. The Morgan fingerprint density at radius 1 is 1.44 bits per heavy atom. The van der Waals surface area contributed by atoms with Crippen molar-refractivity contribution >= 4 is 21.9 Å². The van der Waals surface area contributed by atoms with Crippen molar-refractivity contribution in [2.45, 2.75) is 6.18 Å². The van der Waals surface area contributed by atoms with E-state index in [9.17, 15) is 18.0 Å². The summed E-state index contributed by atoms with van der Waals surface area (Å²) in [5.74, 6) is -1.87. The minimum Gasteiger partial charge on any atom is -0.496 e. The molecule has 0 radical (unpaired) electrons. The molecule has 88 valence electrons. The van der Waals surface area contributed by atoms with Crippen LogP contribution in [0.5, 0.6) is 5.75 Å². The summed E-state index contributed by atoms with van der Waals surface area (Å²) in [6.07, 6.45) is -4.66. The van der Waals surface area contributed by atoms with Crippen LogP contribution in [0.3, 0.4) is 0 Å². The molecule has 0 heterocycles. The zero-order valence-corrected chi connectivity index (χ0v) is 9.52. The lowest BCUT2D eigenvalue weighted by Gasteiger charge is -2.13. The molecule has 1 aromatic carbocycles. The first-order valence-corrected chi connectivity index (χ1v) is 4.74. The van der Waals surface area contributed by atoms with Gasteiger partial charge in [0, 0.05) is 4.47 Å². The van der Waals surface area contributed by atoms with Gasteiger partial charge in [0.2, 0.25) is 0 Å². The zero-order chi connectivity index (χ0) is 12.5. The molecular formula is C9H6BrF3O3. The number of methoxy groups -OCH3 is 1. The van der Waals surface area contributed by atoms with E-state index in [1.807, 2.05) is 0 Å². The third kappa shape index (κ3) is 2.46. The van der Waals surface area contributed by atoms with Gasteiger partial charge in [-0.15, -0.1) is 0 Å². The maximum absolute atomic E-state index is 12.5. The number of carboxylic acids is 1. The fraction of sp³-hybridized carbons (Fsp3) is 0.222. The molecule has 16 heavy (non-hydrogen) atoms. The van der Waals surface area contributed by atoms with Crippen LogP contribution in [0.1, 0.15) is 15.9 Å². The van der Waals surface area contributed by atoms with Crippen LogP contribution in [0, 0.1) is 0 Å². The van der Waals surface area contributed by atoms with Crippen molar-refractivity contribution in [3.05, 3.63) is 27.7 Å². The molecule has 1 rings (SSSR count). The molecule has 0 unspecified atom stereocenters. The van der Waals surface area contributed by atoms with E-state index in [-0.39, 0.29) is 4.47 Å². The topological polar surface area (TPSA) is 46.5 Å². The van der Waals surface area contributed by atoms with E-state index in [4.69, 9.17) is 5.11 Å². The summed E-state index contributed by atoms with van der Waals surface area (Å²) < 4.78 is 42.1. The Balaban J connectivity index is 3.47. The van der Waals surface area contributed by atoms with Crippen LogP contribution in [-0.4, -0.2) is 18.2 Å². The van der Waals surface area contributed by atoms with E-state index in [2.05, 4.69) is 20.7 Å². The van der Waals surface area contributed by atoms with E-state index in [1.165, 1.54) is 0 Å². The highest BCUT2D eigenvalue weighted by molar-refractivity contribution is 9.10. The number of rotatable bonds is 2. The summed E-state index contributed by atoms with van der Waals surface area (Å²) in [4.78, 5) is 10.7. The van der Waals surface area contributed by atoms with Gasteiger partial charge < -0.3 is 9.84 Å². The Kier molecular flexibility index (Phi) is 3.47. The first-order chi connectivity index (χ1) is 7.27. The van der Waals surface area contributed by atoms with Gasteiger partial charge >= 0.3 is 12.1 Å². The second-order valence-corrected chi connectivity index (χ2v) is 3.69. The molecule has 0 aliphatic carbocycles. The zero-order valence-electron chi connectivity index (χ0n) is 7.93. The smallest absolute Gasteiger partial charge is 0.419 e. The molecule has 0 atom stereocenters. The van der Waals surface area contributed by atoms with Crippen LogP contribution < -0.4 is 4.74 Å². The maximum atomic E-state index is 12.5. The highest BCUT2D eigenvalue weighted by Crippen LogP contribution is 2.39. The second kappa shape index (κ2) is 4.32. The highest BCUT2D eigenvalue weighted by atomic mass is 79.9. The Morgan fingerprint density at radius 3 is 2.38 bits per heavy atom. The molecule has 0 amide bonds. The van der Waals surface area contributed by atoms with Crippen LogP contribution in [0.4, 0.5) is 13.2 Å². The Labute approximate surface area is 97.0 Å². The lowest BCUT2D eigenvalue weighted by atomic mass is 10.1. The first kappa shape index (κ1) is 12.8. The van der Waals surface area contributed by atoms with Crippen LogP contribution in [0.15, 0.2) is 16.6 Å². The van der Waals surface area contributed by atoms with Crippen molar-refractivity contribution in [3.63, 3.8) is 0 Å². The summed E-state index contributed by atoms with van der Waals surface area (Å²) in [6, 6.07) is 1.51. The van der Waals surface area contributed by atoms with Crippen LogP contribution in [0.2, 0.25) is 0 Å². The normalized spacial score (nSPS) is 11.3. The number of carboxylic acid groups (broad SMARTS) is 1. The van der Waals surface area contributed by atoms with Gasteiger partial charge in [-0.1, -0.05) is 0 Å². The largest absolute Gasteiger partial charge is 0.496 e. The van der Waals surface area contributed by atoms with E-state index < -0.39 is 29.0 Å². The summed E-state index contributed by atoms with van der Waals surface area (Å²) in [5.41, 5.74) is -1.58. The molecule has 0 saturated carbocycles. The number of hydrogen-bond donors (Lipinski definition) is 1. The van der Waals surface area contributed by atoms with Gasteiger partial charge in [-0.05, 0) is 28.1 Å². The minimum absolute atomic E-state index is 0.0323. The van der Waals surface area contributed by atoms with Gasteiger partial charge in [-0.25, -0.2) is 4.79 Å². The second-order valence-electron chi connectivity index (χ2n) is 2.84. The average Bonchev–Trinajstić information content (AvgIpc) is 2.14. The van der Waals surface area contributed by atoms with E-state index in [0.29, 0.717) is 6.07 Å². The lowest BCUT2D eigenvalue weighted by Crippen LogP contribution is -2.10. The number of hydrogen-bond acceptors (Lipinski definition) is 2. The summed E-state index contributed by atoms with van der Waals surface area (Å²) >= 11 is 2.86. The van der Waals surface area contributed by atoms with E-state index >= 15 is 0 Å². The monoisotopic (exact) mass is 298 g/mol. The fourth-order valence-corrected chi connectivity index (χ4v) is 1.60. The molecule has 0 aromatic heterocycles. The standard InChI is InChI=1S/C9H6BrF3O3/c1-16-7-3-6(10)4(8(14)15)2-5(7)9(11,12)13/h2-3H,1H3,(H,14,15). The van der Waals surface area contributed by atoms with Gasteiger partial charge in [0.15, 0.2) is 0 Å². The summed E-state index contributed by atoms with van der Waals surface area (Å²) in [7, 11) is 1.08. The SMILES string of the molecule is COc1cc(Br)c(C(=O)O)cc1C(F)(F)F. The van der Waals surface area contributed by atoms with Gasteiger partial charge in [-0.2, -0.15) is 13.2 Å². The summed E-state index contributed by atoms with van der Waals surface area (Å²) in [5, 5.41) is 8.68. The van der Waals surface area contributed by atoms with Gasteiger partial charge in [0.25, 0.3) is 0 Å². The molecule has 0 spiro atoms. The molecule has 0 aliphatic heterocycles. The molecule has 1 N–H and O–H groups in total. The molecule has 7 heteroatoms. The number of aromatic carboxylic acids is 1. The number of benzene rings is 1. The summed E-state index contributed by atoms with van der Waals surface area (Å²) in [6.45, 7) is 0. The molecule has 1 aromatic rings. The lowest BCUT2D eigenvalue weighted by molar-refractivity contribution is -0.138. The molecule has 0 bridgehead atoms. The predicted octanol–water partition coefficient (Wildman–Crippen LogP) is 3.17. The van der Waals surface area contributed by atoms with Gasteiger partial charge in [-0.3, -0.25) is 0 Å². The number of ether oxygens (including phenoxy) is 1. The van der Waals surface area contributed by atoms with Crippen molar-refractivity contribution < 1.29 is 27.8 Å². The van der Waals surface area contributed by atoms with Crippen molar-refractivity contribution in [3.8, 4) is 5.75 Å². The molecular weight excluding hydrogens is 293 g/mol. The van der Waals surface area contributed by atoms with Crippen molar-refractivity contribution in [2.24, 2.45) is 0 Å². The van der Waals surface area contributed by atoms with Crippen molar-refractivity contribution in [2.75, 3.05) is 7.11 Å². The molecule has 0 saturated heterocycles. The fourth-order valence-electron chi connectivity index (χ4n) is 1.11. The Morgan fingerprint density at radius 2 is 2.00 bits per heavy atom. The van der Waals surface area contributed by atoms with Crippen LogP contribution in [-0.2, 0) is 6.18 Å². The third-order valence-electron chi connectivity index (χ3n) is 1.82. The highest BCUT2D eigenvalue weighted by Gasteiger charge is 2.35. The first-order valence-electron chi connectivity index (χ1n) is 3.95. The average molecular weight is 299 g/mol. The van der Waals surface area contributed by atoms with E-state index in [0.717, 1.165) is 13.2 Å². The molecule has 3 nitrogen and oxygen atoms in total. The minimum atomic E-state index is -4.66. The number of carbonyl (C=O) groups is 1. The van der Waals surface area contributed by atoms with Crippen molar-refractivity contribution in [1.29, 1.82) is 0 Å². The van der Waals surface area contributed by atoms with E-state index in [1.54, 1.807) is 0 Å².